The van der Waals surface area contributed by atoms with Crippen LogP contribution in [0, 0.1) is 0 Å². The maximum Gasteiger partial charge on any atom is 0.435 e. The zero-order valence-electron chi connectivity index (χ0n) is 17.1. The van der Waals surface area contributed by atoms with Crippen LogP contribution in [0.2, 0.25) is 10.0 Å². The Kier molecular flexibility index (Phi) is 6.62. The van der Waals surface area contributed by atoms with Crippen LogP contribution < -0.4 is 0 Å². The summed E-state index contributed by atoms with van der Waals surface area (Å²) >= 11 is 13.4. The van der Waals surface area contributed by atoms with E-state index in [2.05, 4.69) is 16.7 Å². The van der Waals surface area contributed by atoms with Crippen LogP contribution in [0.25, 0.3) is 6.08 Å². The molecule has 1 unspecified atom stereocenters. The van der Waals surface area contributed by atoms with Gasteiger partial charge >= 0.3 is 6.18 Å². The second kappa shape index (κ2) is 9.16. The van der Waals surface area contributed by atoms with E-state index >= 15 is 0 Å². The van der Waals surface area contributed by atoms with Crippen molar-refractivity contribution in [3.63, 3.8) is 0 Å². The number of hydrogen-bond donors (Lipinski definition) is 0. The molecule has 0 bridgehead atoms. The number of carbonyl (C=O) groups excluding carboxylic acids is 1. The van der Waals surface area contributed by atoms with Crippen molar-refractivity contribution >= 4 is 57.6 Å². The predicted molar refractivity (Wildman–Crippen MR) is 127 cm³/mol. The Morgan fingerprint density at radius 3 is 2.55 bits per heavy atom. The topological polar surface area (TPSA) is 51.0 Å². The average molecular weight is 513 g/mol. The molecule has 0 radical (unpaired) electrons. The molecule has 2 aromatic carbocycles. The number of carbonyl (C=O) groups is 1. The van der Waals surface area contributed by atoms with Crippen LogP contribution in [0.5, 0.6) is 0 Å². The minimum Gasteiger partial charge on any atom is -0.374 e. The SMILES string of the molecule is C=Cc1cc(C2=NOC(c3cc(Cl)cc(Cl)c3)(C(F)(F)F)C2)ccc1C(=O)CC1=NCCS1. The highest BCUT2D eigenvalue weighted by Gasteiger charge is 2.62. The lowest BCUT2D eigenvalue weighted by atomic mass is 9.86. The highest BCUT2D eigenvalue weighted by atomic mass is 35.5. The van der Waals surface area contributed by atoms with E-state index in [-0.39, 0.29) is 33.5 Å². The van der Waals surface area contributed by atoms with Gasteiger partial charge in [-0.25, -0.2) is 0 Å². The molecule has 172 valence electrons. The standard InChI is InChI=1S/C23H17Cl2F3N2O2S/c1-2-13-7-14(3-4-18(13)20(31)11-21-29-5-6-33-21)19-12-22(32-30-19,23(26,27)28)15-8-16(24)10-17(25)9-15/h2-4,7-10H,1,5-6,11-12H2. The summed E-state index contributed by atoms with van der Waals surface area (Å²) in [5.41, 5.74) is -1.56. The van der Waals surface area contributed by atoms with Gasteiger partial charge in [0.15, 0.2) is 5.78 Å². The van der Waals surface area contributed by atoms with Gasteiger partial charge in [-0.15, -0.1) is 11.8 Å². The number of halogens is 5. The molecule has 2 aliphatic heterocycles. The molecule has 0 fully saturated rings. The van der Waals surface area contributed by atoms with Gasteiger partial charge in [0.2, 0.25) is 0 Å². The largest absolute Gasteiger partial charge is 0.435 e. The second-order valence-electron chi connectivity index (χ2n) is 7.52. The van der Waals surface area contributed by atoms with Crippen LogP contribution in [-0.4, -0.2) is 35.0 Å². The van der Waals surface area contributed by atoms with E-state index < -0.39 is 18.2 Å². The number of thioether (sulfide) groups is 1. The molecular formula is C23H17Cl2F3N2O2S. The minimum atomic E-state index is -4.79. The maximum atomic E-state index is 14.2. The number of hydrogen-bond acceptors (Lipinski definition) is 5. The van der Waals surface area contributed by atoms with Gasteiger partial charge in [0.05, 0.1) is 17.2 Å². The van der Waals surface area contributed by atoms with Gasteiger partial charge in [0, 0.05) is 45.5 Å². The Hall–Kier alpha value is -2.29. The molecule has 4 nitrogen and oxygen atoms in total. The third-order valence-corrected chi connectivity index (χ3v) is 6.81. The smallest absolute Gasteiger partial charge is 0.374 e. The monoisotopic (exact) mass is 512 g/mol. The van der Waals surface area contributed by atoms with Gasteiger partial charge in [-0.3, -0.25) is 9.79 Å². The molecule has 0 amide bonds. The van der Waals surface area contributed by atoms with E-state index in [1.165, 1.54) is 24.3 Å². The molecule has 2 heterocycles. The number of nitrogens with zero attached hydrogens (tertiary/aromatic N) is 2. The fraction of sp³-hybridized carbons (Fsp3) is 0.261. The van der Waals surface area contributed by atoms with Crippen molar-refractivity contribution in [2.24, 2.45) is 10.1 Å². The van der Waals surface area contributed by atoms with E-state index in [1.807, 2.05) is 0 Å². The molecule has 0 saturated carbocycles. The lowest BCUT2D eigenvalue weighted by molar-refractivity contribution is -0.275. The van der Waals surface area contributed by atoms with Crippen LogP contribution in [0.1, 0.15) is 39.9 Å². The maximum absolute atomic E-state index is 14.2. The molecule has 4 rings (SSSR count). The van der Waals surface area contributed by atoms with Crippen molar-refractivity contribution in [3.05, 3.63) is 75.3 Å². The summed E-state index contributed by atoms with van der Waals surface area (Å²) in [6, 6.07) is 8.39. The lowest BCUT2D eigenvalue weighted by Gasteiger charge is -2.29. The van der Waals surface area contributed by atoms with E-state index in [9.17, 15) is 18.0 Å². The number of oxime groups is 1. The highest BCUT2D eigenvalue weighted by molar-refractivity contribution is 8.14. The number of aliphatic imine (C=N–C) groups is 1. The first-order valence-electron chi connectivity index (χ1n) is 9.87. The van der Waals surface area contributed by atoms with Crippen LogP contribution in [-0.2, 0) is 10.4 Å². The van der Waals surface area contributed by atoms with E-state index in [0.29, 0.717) is 23.2 Å². The first-order valence-corrected chi connectivity index (χ1v) is 11.6. The molecule has 1 atom stereocenters. The van der Waals surface area contributed by atoms with Gasteiger partial charge in [-0.05, 0) is 29.8 Å². The zero-order chi connectivity index (χ0) is 23.8. The third kappa shape index (κ3) is 4.69. The number of benzene rings is 2. The first-order chi connectivity index (χ1) is 15.6. The summed E-state index contributed by atoms with van der Waals surface area (Å²) in [4.78, 5) is 22.1. The zero-order valence-corrected chi connectivity index (χ0v) is 19.4. The Morgan fingerprint density at radius 1 is 1.21 bits per heavy atom. The fourth-order valence-corrected chi connectivity index (χ4v) is 5.09. The van der Waals surface area contributed by atoms with Crippen molar-refractivity contribution in [2.75, 3.05) is 12.3 Å². The number of alkyl halides is 3. The molecular weight excluding hydrogens is 496 g/mol. The van der Waals surface area contributed by atoms with E-state index in [1.54, 1.807) is 30.0 Å². The first kappa shape index (κ1) is 23.9. The molecule has 0 N–H and O–H groups in total. The third-order valence-electron chi connectivity index (χ3n) is 5.38. The highest BCUT2D eigenvalue weighted by Crippen LogP contribution is 2.49. The van der Waals surface area contributed by atoms with E-state index in [4.69, 9.17) is 28.0 Å². The molecule has 0 aromatic heterocycles. The van der Waals surface area contributed by atoms with Gasteiger partial charge < -0.3 is 4.84 Å². The molecule has 10 heteroatoms. The molecule has 2 aliphatic rings. The summed E-state index contributed by atoms with van der Waals surface area (Å²) in [6.45, 7) is 4.43. The second-order valence-corrected chi connectivity index (χ2v) is 9.56. The summed E-state index contributed by atoms with van der Waals surface area (Å²) in [5, 5.41) is 4.66. The van der Waals surface area contributed by atoms with Crippen LogP contribution in [0.3, 0.4) is 0 Å². The van der Waals surface area contributed by atoms with Crippen molar-refractivity contribution in [3.8, 4) is 0 Å². The van der Waals surface area contributed by atoms with Crippen LogP contribution in [0.4, 0.5) is 13.2 Å². The molecule has 0 spiro atoms. The van der Waals surface area contributed by atoms with Crippen LogP contribution in [0.15, 0.2) is 53.1 Å². The minimum absolute atomic E-state index is 0.0556. The predicted octanol–water partition coefficient (Wildman–Crippen LogP) is 6.94. The van der Waals surface area contributed by atoms with Crippen molar-refractivity contribution in [1.82, 2.24) is 0 Å². The normalized spacial score (nSPS) is 20.3. The molecule has 0 aliphatic carbocycles. The summed E-state index contributed by atoms with van der Waals surface area (Å²) in [5.74, 6) is 0.724. The summed E-state index contributed by atoms with van der Waals surface area (Å²) in [7, 11) is 0. The number of rotatable bonds is 6. The molecule has 33 heavy (non-hydrogen) atoms. The molecule has 0 saturated heterocycles. The summed E-state index contributed by atoms with van der Waals surface area (Å²) in [6.07, 6.45) is -3.69. The Balaban J connectivity index is 1.64. The van der Waals surface area contributed by atoms with Crippen LogP contribution >= 0.6 is 35.0 Å². The number of Topliss-reactive ketones (excluding diaryl/α,β-unsaturated/α-hetero) is 1. The quantitative estimate of drug-likeness (QED) is 0.394. The average Bonchev–Trinajstić information content (AvgIpc) is 3.43. The Bertz CT molecular complexity index is 1180. The van der Waals surface area contributed by atoms with Crippen molar-refractivity contribution < 1.29 is 22.8 Å². The summed E-state index contributed by atoms with van der Waals surface area (Å²) < 4.78 is 42.6. The van der Waals surface area contributed by atoms with Crippen molar-refractivity contribution in [2.45, 2.75) is 24.6 Å². The van der Waals surface area contributed by atoms with Gasteiger partial charge in [0.1, 0.15) is 0 Å². The van der Waals surface area contributed by atoms with Gasteiger partial charge in [-0.1, -0.05) is 53.1 Å². The van der Waals surface area contributed by atoms with Gasteiger partial charge in [-0.2, -0.15) is 13.2 Å². The Labute approximate surface area is 202 Å². The molecule has 2 aromatic rings. The van der Waals surface area contributed by atoms with Gasteiger partial charge in [0.25, 0.3) is 5.60 Å². The number of ketones is 1. The fourth-order valence-electron chi connectivity index (χ4n) is 3.73. The Morgan fingerprint density at radius 2 is 1.94 bits per heavy atom. The lowest BCUT2D eigenvalue weighted by Crippen LogP contribution is -2.42. The van der Waals surface area contributed by atoms with Crippen molar-refractivity contribution in [1.29, 1.82) is 0 Å². The van der Waals surface area contributed by atoms with E-state index in [0.717, 1.165) is 10.8 Å².